The Kier molecular flexibility index (Phi) is 8.35. The second kappa shape index (κ2) is 11.5. The SMILES string of the molecule is N#Cc1ccccc1N1C[C@H](NC(=O)C(CCC(F)(F)F)C(CC2CC2)C(N)=O)C(=O)Nc2c(Cl)cccc21. The van der Waals surface area contributed by atoms with Crippen molar-refractivity contribution in [3.63, 3.8) is 0 Å². The molecule has 0 saturated heterocycles. The summed E-state index contributed by atoms with van der Waals surface area (Å²) in [6.45, 7) is -0.153. The van der Waals surface area contributed by atoms with Crippen LogP contribution in [0.4, 0.5) is 30.2 Å². The van der Waals surface area contributed by atoms with Crippen molar-refractivity contribution in [2.45, 2.75) is 44.3 Å². The third-order valence-corrected chi connectivity index (χ3v) is 7.37. The molecule has 0 radical (unpaired) electrons. The quantitative estimate of drug-likeness (QED) is 0.411. The van der Waals surface area contributed by atoms with Crippen LogP contribution in [0.25, 0.3) is 0 Å². The lowest BCUT2D eigenvalue weighted by molar-refractivity contribution is -0.146. The third kappa shape index (κ3) is 6.81. The Bertz CT molecular complexity index is 1310. The van der Waals surface area contributed by atoms with Gasteiger partial charge in [0.2, 0.25) is 17.7 Å². The van der Waals surface area contributed by atoms with Gasteiger partial charge in [-0.15, -0.1) is 0 Å². The first kappa shape index (κ1) is 28.2. The van der Waals surface area contributed by atoms with E-state index in [0.29, 0.717) is 16.9 Å². The molecule has 12 heteroatoms. The molecule has 2 unspecified atom stereocenters. The average molecular weight is 562 g/mol. The van der Waals surface area contributed by atoms with Gasteiger partial charge in [0, 0.05) is 18.3 Å². The van der Waals surface area contributed by atoms with Gasteiger partial charge in [0.25, 0.3) is 0 Å². The monoisotopic (exact) mass is 561 g/mol. The van der Waals surface area contributed by atoms with Crippen LogP contribution in [-0.4, -0.2) is 36.5 Å². The van der Waals surface area contributed by atoms with Crippen molar-refractivity contribution in [3.05, 3.63) is 53.1 Å². The van der Waals surface area contributed by atoms with Crippen molar-refractivity contribution >= 4 is 46.4 Å². The lowest BCUT2D eigenvalue weighted by Gasteiger charge is -2.30. The van der Waals surface area contributed by atoms with Gasteiger partial charge < -0.3 is 21.3 Å². The molecule has 39 heavy (non-hydrogen) atoms. The smallest absolute Gasteiger partial charge is 0.369 e. The number of alkyl halides is 3. The van der Waals surface area contributed by atoms with E-state index in [1.54, 1.807) is 47.4 Å². The van der Waals surface area contributed by atoms with Gasteiger partial charge in [-0.2, -0.15) is 18.4 Å². The maximum Gasteiger partial charge on any atom is 0.389 e. The van der Waals surface area contributed by atoms with E-state index >= 15 is 0 Å². The minimum absolute atomic E-state index is 0.125. The fourth-order valence-electron chi connectivity index (χ4n) is 4.88. The van der Waals surface area contributed by atoms with Crippen LogP contribution in [0.2, 0.25) is 5.02 Å². The highest BCUT2D eigenvalue weighted by Crippen LogP contribution is 2.41. The molecule has 3 atom stereocenters. The number of carbonyl (C=O) groups excluding carboxylic acids is 3. The second-order valence-corrected chi connectivity index (χ2v) is 10.3. The van der Waals surface area contributed by atoms with Crippen LogP contribution in [0.1, 0.15) is 37.7 Å². The van der Waals surface area contributed by atoms with Crippen LogP contribution in [0.3, 0.4) is 0 Å². The Morgan fingerprint density at radius 2 is 1.85 bits per heavy atom. The standard InChI is InChI=1S/C27H27ClF3N5O3/c28-19-5-3-7-22-23(19)35-26(39)20(14-36(22)21-6-2-1-4-16(21)13-32)34-25(38)17(10-11-27(29,30)31)18(24(33)37)12-15-8-9-15/h1-7,15,17-18,20H,8-12,14H2,(H2,33,37)(H,34,38)(H,35,39)/t17?,18?,20-/m0/s1. The summed E-state index contributed by atoms with van der Waals surface area (Å²) >= 11 is 6.37. The maximum absolute atomic E-state index is 13.5. The molecule has 1 heterocycles. The molecule has 1 fully saturated rings. The number of nitrogens with two attached hydrogens (primary N) is 1. The van der Waals surface area contributed by atoms with Gasteiger partial charge in [-0.05, 0) is 43.0 Å². The lowest BCUT2D eigenvalue weighted by atomic mass is 9.83. The summed E-state index contributed by atoms with van der Waals surface area (Å²) in [5.74, 6) is -4.71. The number of amides is 3. The van der Waals surface area contributed by atoms with E-state index in [1.165, 1.54) is 0 Å². The fraction of sp³-hybridized carbons (Fsp3) is 0.407. The van der Waals surface area contributed by atoms with E-state index < -0.39 is 54.6 Å². The number of nitrogens with one attached hydrogen (secondary N) is 2. The van der Waals surface area contributed by atoms with E-state index in [9.17, 15) is 32.8 Å². The van der Waals surface area contributed by atoms with E-state index in [2.05, 4.69) is 16.7 Å². The zero-order valence-corrected chi connectivity index (χ0v) is 21.6. The predicted molar refractivity (Wildman–Crippen MR) is 139 cm³/mol. The number of anilines is 3. The predicted octanol–water partition coefficient (Wildman–Crippen LogP) is 4.65. The van der Waals surface area contributed by atoms with Gasteiger partial charge in [0.1, 0.15) is 12.1 Å². The van der Waals surface area contributed by atoms with Crippen LogP contribution >= 0.6 is 11.6 Å². The number of fused-ring (bicyclic) bond motifs is 1. The molecule has 4 N–H and O–H groups in total. The Morgan fingerprint density at radius 3 is 2.49 bits per heavy atom. The topological polar surface area (TPSA) is 128 Å². The Labute approximate surface area is 228 Å². The van der Waals surface area contributed by atoms with Crippen molar-refractivity contribution in [1.82, 2.24) is 5.32 Å². The van der Waals surface area contributed by atoms with Crippen LogP contribution in [-0.2, 0) is 14.4 Å². The summed E-state index contributed by atoms with van der Waals surface area (Å²) in [4.78, 5) is 40.7. The molecular weight excluding hydrogens is 535 g/mol. The van der Waals surface area contributed by atoms with E-state index in [-0.39, 0.29) is 29.6 Å². The average Bonchev–Trinajstić information content (AvgIpc) is 3.71. The number of hydrogen-bond donors (Lipinski definition) is 3. The van der Waals surface area contributed by atoms with Crippen molar-refractivity contribution in [2.75, 3.05) is 16.8 Å². The minimum Gasteiger partial charge on any atom is -0.369 e. The fourth-order valence-corrected chi connectivity index (χ4v) is 5.10. The normalized spacial score (nSPS) is 18.7. The molecule has 4 rings (SSSR count). The minimum atomic E-state index is -4.55. The van der Waals surface area contributed by atoms with E-state index in [1.807, 2.05) is 0 Å². The summed E-state index contributed by atoms with van der Waals surface area (Å²) in [6.07, 6.45) is -4.62. The molecule has 1 aliphatic carbocycles. The molecule has 8 nitrogen and oxygen atoms in total. The Morgan fingerprint density at radius 1 is 1.15 bits per heavy atom. The molecule has 206 valence electrons. The highest BCUT2D eigenvalue weighted by atomic mass is 35.5. The summed E-state index contributed by atoms with van der Waals surface area (Å²) in [7, 11) is 0. The van der Waals surface area contributed by atoms with Crippen molar-refractivity contribution < 1.29 is 27.6 Å². The zero-order chi connectivity index (χ0) is 28.3. The van der Waals surface area contributed by atoms with Crippen LogP contribution < -0.4 is 21.3 Å². The maximum atomic E-state index is 13.5. The number of para-hydroxylation sites is 2. The molecule has 0 spiro atoms. The van der Waals surface area contributed by atoms with Crippen molar-refractivity contribution in [2.24, 2.45) is 23.5 Å². The van der Waals surface area contributed by atoms with Crippen LogP contribution in [0.5, 0.6) is 0 Å². The lowest BCUT2D eigenvalue weighted by Crippen LogP contribution is -2.52. The number of carbonyl (C=O) groups is 3. The summed E-state index contributed by atoms with van der Waals surface area (Å²) in [5.41, 5.74) is 7.01. The molecule has 2 aromatic rings. The molecular formula is C27H27ClF3N5O3. The number of rotatable bonds is 9. The molecule has 0 aromatic heterocycles. The van der Waals surface area contributed by atoms with E-state index in [4.69, 9.17) is 17.3 Å². The number of primary amides is 1. The van der Waals surface area contributed by atoms with Gasteiger partial charge in [-0.1, -0.05) is 42.6 Å². The first-order valence-corrected chi connectivity index (χ1v) is 12.9. The van der Waals surface area contributed by atoms with Crippen molar-refractivity contribution in [1.29, 1.82) is 5.26 Å². The number of hydrogen-bond acceptors (Lipinski definition) is 5. The highest BCUT2D eigenvalue weighted by Gasteiger charge is 2.41. The first-order chi connectivity index (χ1) is 18.5. The summed E-state index contributed by atoms with van der Waals surface area (Å²) in [5, 5.41) is 15.2. The van der Waals surface area contributed by atoms with E-state index in [0.717, 1.165) is 12.8 Å². The third-order valence-electron chi connectivity index (χ3n) is 7.05. The largest absolute Gasteiger partial charge is 0.389 e. The number of nitriles is 1. The van der Waals surface area contributed by atoms with Crippen LogP contribution in [0.15, 0.2) is 42.5 Å². The molecule has 2 aromatic carbocycles. The van der Waals surface area contributed by atoms with Crippen molar-refractivity contribution in [3.8, 4) is 6.07 Å². The van der Waals surface area contributed by atoms with Crippen LogP contribution in [0, 0.1) is 29.1 Å². The number of halogens is 4. The van der Waals surface area contributed by atoms with Gasteiger partial charge >= 0.3 is 6.18 Å². The molecule has 2 aliphatic rings. The molecule has 1 saturated carbocycles. The zero-order valence-electron chi connectivity index (χ0n) is 20.8. The second-order valence-electron chi connectivity index (χ2n) is 9.87. The summed E-state index contributed by atoms with van der Waals surface area (Å²) in [6, 6.07) is 12.4. The molecule has 0 bridgehead atoms. The summed E-state index contributed by atoms with van der Waals surface area (Å²) < 4.78 is 39.4. The van der Waals surface area contributed by atoms with Gasteiger partial charge in [0.05, 0.1) is 34.2 Å². The van der Waals surface area contributed by atoms with Gasteiger partial charge in [0.15, 0.2) is 0 Å². The highest BCUT2D eigenvalue weighted by molar-refractivity contribution is 6.34. The number of benzene rings is 2. The Balaban J connectivity index is 1.67. The van der Waals surface area contributed by atoms with Gasteiger partial charge in [-0.3, -0.25) is 14.4 Å². The van der Waals surface area contributed by atoms with Gasteiger partial charge in [-0.25, -0.2) is 0 Å². The Hall–Kier alpha value is -3.78. The molecule has 3 amide bonds. The number of nitrogens with zero attached hydrogens (tertiary/aromatic N) is 2. The molecule has 1 aliphatic heterocycles. The first-order valence-electron chi connectivity index (χ1n) is 12.5.